The van der Waals surface area contributed by atoms with Gasteiger partial charge in [0.2, 0.25) is 0 Å². The van der Waals surface area contributed by atoms with Gasteiger partial charge < -0.3 is 14.2 Å². The monoisotopic (exact) mass is 423 g/mol. The van der Waals surface area contributed by atoms with Crippen molar-refractivity contribution < 1.29 is 28.6 Å². The Hall–Kier alpha value is -3.19. The number of hydrogen-bond donors (Lipinski definition) is 0. The number of amides is 2. The lowest BCUT2D eigenvalue weighted by atomic mass is 9.98. The smallest absolute Gasteiger partial charge is 0.428 e. The summed E-state index contributed by atoms with van der Waals surface area (Å²) in [4.78, 5) is 38.0. The Balaban J connectivity index is 1.53. The molecule has 2 aliphatic rings. The highest BCUT2D eigenvalue weighted by Crippen LogP contribution is 2.44. The maximum absolute atomic E-state index is 12.9. The van der Waals surface area contributed by atoms with Crippen molar-refractivity contribution in [3.63, 3.8) is 0 Å². The highest BCUT2D eigenvalue weighted by Gasteiger charge is 2.50. The van der Waals surface area contributed by atoms with Gasteiger partial charge in [0.1, 0.15) is 6.61 Å². The van der Waals surface area contributed by atoms with E-state index in [4.69, 9.17) is 14.2 Å². The van der Waals surface area contributed by atoms with Crippen molar-refractivity contribution in [2.45, 2.75) is 51.4 Å². The molecule has 0 bridgehead atoms. The number of carbonyl (C=O) groups excluding carboxylic acids is 3. The van der Waals surface area contributed by atoms with Crippen LogP contribution in [0.1, 0.15) is 44.7 Å². The molecule has 4 rings (SSSR count). The van der Waals surface area contributed by atoms with E-state index in [0.29, 0.717) is 4.90 Å². The average Bonchev–Trinajstić information content (AvgIpc) is 3.18. The van der Waals surface area contributed by atoms with E-state index in [1.165, 1.54) is 0 Å². The number of carbonyl (C=O) groups is 3. The van der Waals surface area contributed by atoms with Crippen LogP contribution in [0.25, 0.3) is 11.1 Å². The third kappa shape index (κ3) is 3.93. The zero-order valence-electron chi connectivity index (χ0n) is 18.0. The first kappa shape index (κ1) is 21.1. The van der Waals surface area contributed by atoms with E-state index in [9.17, 15) is 14.4 Å². The molecule has 0 N–H and O–H groups in total. The Morgan fingerprint density at radius 3 is 2.13 bits per heavy atom. The predicted octanol–water partition coefficient (Wildman–Crippen LogP) is 4.49. The van der Waals surface area contributed by atoms with E-state index in [-0.39, 0.29) is 12.5 Å². The molecule has 162 valence electrons. The molecule has 0 spiro atoms. The number of ether oxygens (including phenoxy) is 3. The first-order valence-electron chi connectivity index (χ1n) is 10.2. The fourth-order valence-corrected chi connectivity index (χ4v) is 4.29. The molecule has 2 atom stereocenters. The van der Waals surface area contributed by atoms with Crippen LogP contribution < -0.4 is 0 Å². The van der Waals surface area contributed by atoms with Crippen molar-refractivity contribution in [3.05, 3.63) is 59.7 Å². The second-order valence-electron chi connectivity index (χ2n) is 8.74. The van der Waals surface area contributed by atoms with Crippen LogP contribution in [-0.2, 0) is 19.0 Å². The summed E-state index contributed by atoms with van der Waals surface area (Å²) in [7, 11) is 0. The van der Waals surface area contributed by atoms with E-state index in [1.54, 1.807) is 6.92 Å². The molecule has 1 aliphatic heterocycles. The molecule has 2 aromatic rings. The Morgan fingerprint density at radius 1 is 1.03 bits per heavy atom. The van der Waals surface area contributed by atoms with Gasteiger partial charge in [-0.15, -0.1) is 0 Å². The first-order valence-corrected chi connectivity index (χ1v) is 10.2. The van der Waals surface area contributed by atoms with Crippen LogP contribution in [0.15, 0.2) is 48.5 Å². The lowest BCUT2D eigenvalue weighted by molar-refractivity contribution is -0.143. The topological polar surface area (TPSA) is 82.1 Å². The van der Waals surface area contributed by atoms with Gasteiger partial charge in [-0.3, -0.25) is 0 Å². The van der Waals surface area contributed by atoms with Crippen LogP contribution in [0, 0.1) is 0 Å². The molecule has 31 heavy (non-hydrogen) atoms. The highest BCUT2D eigenvalue weighted by molar-refractivity contribution is 6.04. The van der Waals surface area contributed by atoms with Gasteiger partial charge in [-0.1, -0.05) is 48.5 Å². The van der Waals surface area contributed by atoms with Crippen LogP contribution in [0.5, 0.6) is 0 Å². The second kappa shape index (κ2) is 7.81. The van der Waals surface area contributed by atoms with Crippen molar-refractivity contribution in [1.29, 1.82) is 0 Å². The third-order valence-corrected chi connectivity index (χ3v) is 5.42. The minimum Gasteiger partial charge on any atom is -0.448 e. The largest absolute Gasteiger partial charge is 0.448 e. The third-order valence-electron chi connectivity index (χ3n) is 5.42. The van der Waals surface area contributed by atoms with E-state index < -0.39 is 35.9 Å². The molecular formula is C24H25NO6. The molecule has 0 unspecified atom stereocenters. The molecular weight excluding hydrogens is 398 g/mol. The molecule has 2 amide bonds. The summed E-state index contributed by atoms with van der Waals surface area (Å²) in [5.41, 5.74) is 3.73. The highest BCUT2D eigenvalue weighted by atomic mass is 16.6. The number of cyclic esters (lactones) is 2. The maximum Gasteiger partial charge on any atom is 0.428 e. The molecule has 0 saturated carbocycles. The zero-order chi connectivity index (χ0) is 22.3. The van der Waals surface area contributed by atoms with Gasteiger partial charge in [0.15, 0.2) is 6.04 Å². The van der Waals surface area contributed by atoms with E-state index in [1.807, 2.05) is 69.3 Å². The van der Waals surface area contributed by atoms with Crippen molar-refractivity contribution in [3.8, 4) is 11.1 Å². The number of hydrogen-bond acceptors (Lipinski definition) is 6. The summed E-state index contributed by atoms with van der Waals surface area (Å²) >= 11 is 0. The molecule has 0 aromatic heterocycles. The van der Waals surface area contributed by atoms with Crippen LogP contribution in [0.4, 0.5) is 9.59 Å². The number of benzene rings is 2. The Kier molecular flexibility index (Phi) is 5.31. The first-order chi connectivity index (χ1) is 14.7. The van der Waals surface area contributed by atoms with Gasteiger partial charge in [0.25, 0.3) is 0 Å². The lowest BCUT2D eigenvalue weighted by Crippen LogP contribution is -2.49. The Bertz CT molecular complexity index is 995. The fraction of sp³-hybridized carbons (Fsp3) is 0.375. The van der Waals surface area contributed by atoms with Gasteiger partial charge in [0.05, 0.1) is 11.7 Å². The molecule has 0 radical (unpaired) electrons. The number of nitrogens with zero attached hydrogens (tertiary/aromatic N) is 1. The molecule has 7 heteroatoms. The maximum atomic E-state index is 12.9. The van der Waals surface area contributed by atoms with E-state index >= 15 is 0 Å². The van der Waals surface area contributed by atoms with Gasteiger partial charge in [-0.05, 0) is 49.9 Å². The van der Waals surface area contributed by atoms with E-state index in [0.717, 1.165) is 22.3 Å². The zero-order valence-corrected chi connectivity index (χ0v) is 18.0. The quantitative estimate of drug-likeness (QED) is 0.532. The van der Waals surface area contributed by atoms with Crippen LogP contribution in [-0.4, -0.2) is 47.4 Å². The van der Waals surface area contributed by atoms with Crippen LogP contribution in [0.2, 0.25) is 0 Å². The summed E-state index contributed by atoms with van der Waals surface area (Å²) in [6.45, 7) is 7.13. The fourth-order valence-electron chi connectivity index (χ4n) is 4.29. The standard InChI is InChI=1S/C24H25NO6/c1-14(31-24(2,3)4)20-21(26)30-23(28)25(20)22(27)29-13-19-17-11-7-5-9-15(17)16-10-6-8-12-18(16)19/h5-12,14,19-20H,13H2,1-4H3/t14-,20+/m1/s1. The molecule has 1 fully saturated rings. The van der Waals surface area contributed by atoms with Gasteiger partial charge in [-0.2, -0.15) is 4.90 Å². The minimum absolute atomic E-state index is 0.0338. The summed E-state index contributed by atoms with van der Waals surface area (Å²) in [6.07, 6.45) is -2.72. The summed E-state index contributed by atoms with van der Waals surface area (Å²) in [5.74, 6) is -0.984. The number of rotatable bonds is 4. The Labute approximate surface area is 180 Å². The number of esters is 1. The normalized spacial score (nSPS) is 19.1. The summed E-state index contributed by atoms with van der Waals surface area (Å²) in [6, 6.07) is 14.7. The SMILES string of the molecule is C[C@@H](OC(C)(C)C)[C@H]1C(=O)OC(=O)N1C(=O)OCC1c2ccccc2-c2ccccc21. The molecule has 1 heterocycles. The van der Waals surface area contributed by atoms with Gasteiger partial charge in [-0.25, -0.2) is 14.4 Å². The van der Waals surface area contributed by atoms with E-state index in [2.05, 4.69) is 0 Å². The van der Waals surface area contributed by atoms with Gasteiger partial charge >= 0.3 is 18.2 Å². The van der Waals surface area contributed by atoms with Crippen molar-refractivity contribution >= 4 is 18.2 Å². The van der Waals surface area contributed by atoms with Crippen molar-refractivity contribution in [2.75, 3.05) is 6.61 Å². The minimum atomic E-state index is -1.19. The summed E-state index contributed by atoms with van der Waals surface area (Å²) < 4.78 is 16.0. The van der Waals surface area contributed by atoms with Crippen LogP contribution in [0.3, 0.4) is 0 Å². The second-order valence-corrected chi connectivity index (χ2v) is 8.74. The van der Waals surface area contributed by atoms with Crippen LogP contribution >= 0.6 is 0 Å². The molecule has 1 aliphatic carbocycles. The van der Waals surface area contributed by atoms with Crippen molar-refractivity contribution in [1.82, 2.24) is 4.90 Å². The number of imide groups is 1. The Morgan fingerprint density at radius 2 is 1.58 bits per heavy atom. The van der Waals surface area contributed by atoms with Gasteiger partial charge in [0, 0.05) is 5.92 Å². The average molecular weight is 423 g/mol. The lowest BCUT2D eigenvalue weighted by Gasteiger charge is -2.29. The molecule has 2 aromatic carbocycles. The summed E-state index contributed by atoms with van der Waals surface area (Å²) in [5, 5.41) is 0. The number of fused-ring (bicyclic) bond motifs is 3. The molecule has 1 saturated heterocycles. The molecule has 7 nitrogen and oxygen atoms in total. The predicted molar refractivity (Wildman–Crippen MR) is 112 cm³/mol. The van der Waals surface area contributed by atoms with Crippen molar-refractivity contribution in [2.24, 2.45) is 0 Å².